The summed E-state index contributed by atoms with van der Waals surface area (Å²) >= 11 is 9.75. The predicted molar refractivity (Wildman–Crippen MR) is 92.9 cm³/mol. The molecule has 116 valence electrons. The zero-order valence-corrected chi connectivity index (χ0v) is 14.8. The van der Waals surface area contributed by atoms with Crippen LogP contribution in [0.15, 0.2) is 16.7 Å². The lowest BCUT2D eigenvalue weighted by molar-refractivity contribution is 0.180. The van der Waals surface area contributed by atoms with Gasteiger partial charge in [0.25, 0.3) is 0 Å². The molecule has 0 bridgehead atoms. The molecule has 2 fully saturated rings. The molecule has 4 heteroatoms. The summed E-state index contributed by atoms with van der Waals surface area (Å²) in [5.41, 5.74) is 0.985. The van der Waals surface area contributed by atoms with E-state index in [1.165, 1.54) is 57.8 Å². The van der Waals surface area contributed by atoms with Crippen LogP contribution in [0.4, 0.5) is 5.69 Å². The summed E-state index contributed by atoms with van der Waals surface area (Å²) in [5.74, 6) is 1.73. The van der Waals surface area contributed by atoms with Crippen LogP contribution in [-0.2, 0) is 0 Å². The van der Waals surface area contributed by atoms with E-state index >= 15 is 0 Å². The molecule has 2 aliphatic carbocycles. The molecule has 0 saturated heterocycles. The highest BCUT2D eigenvalue weighted by atomic mass is 79.9. The number of hydrogen-bond acceptors (Lipinski definition) is 2. The maximum Gasteiger partial charge on any atom is 0.152 e. The van der Waals surface area contributed by atoms with Crippen LogP contribution in [-0.4, -0.2) is 11.0 Å². The molecule has 2 aliphatic rings. The molecule has 1 N–H and O–H groups in total. The second-order valence-corrected chi connectivity index (χ2v) is 7.86. The molecule has 0 aromatic carbocycles. The standard InChI is InChI=1S/C17H24BrClN2/c18-13-10-16(17(19)20-11-13)21-15-9-5-4-8-14(15)12-6-2-1-3-7-12/h10-12,14-15,21H,1-9H2. The summed E-state index contributed by atoms with van der Waals surface area (Å²) in [6, 6.07) is 2.62. The molecule has 3 rings (SSSR count). The van der Waals surface area contributed by atoms with Crippen molar-refractivity contribution in [3.8, 4) is 0 Å². The van der Waals surface area contributed by atoms with Crippen LogP contribution in [0.2, 0.25) is 5.15 Å². The number of rotatable bonds is 3. The van der Waals surface area contributed by atoms with Crippen molar-refractivity contribution in [1.29, 1.82) is 0 Å². The van der Waals surface area contributed by atoms with Crippen molar-refractivity contribution in [3.63, 3.8) is 0 Å². The Morgan fingerprint density at radius 2 is 1.76 bits per heavy atom. The lowest BCUT2D eigenvalue weighted by Crippen LogP contribution is -2.37. The molecule has 2 unspecified atom stereocenters. The minimum Gasteiger partial charge on any atom is -0.380 e. The van der Waals surface area contributed by atoms with Crippen molar-refractivity contribution in [2.24, 2.45) is 11.8 Å². The Morgan fingerprint density at radius 1 is 1.05 bits per heavy atom. The van der Waals surface area contributed by atoms with Gasteiger partial charge in [0.05, 0.1) is 5.69 Å². The van der Waals surface area contributed by atoms with Crippen molar-refractivity contribution in [1.82, 2.24) is 4.98 Å². The lowest BCUT2D eigenvalue weighted by Gasteiger charge is -2.40. The Hall–Kier alpha value is -0.280. The van der Waals surface area contributed by atoms with Gasteiger partial charge in [-0.2, -0.15) is 0 Å². The fourth-order valence-electron chi connectivity index (χ4n) is 4.19. The molecule has 0 radical (unpaired) electrons. The van der Waals surface area contributed by atoms with Crippen LogP contribution in [0.3, 0.4) is 0 Å². The fourth-order valence-corrected chi connectivity index (χ4v) is 4.68. The zero-order valence-electron chi connectivity index (χ0n) is 12.5. The first kappa shape index (κ1) is 15.6. The third-order valence-electron chi connectivity index (χ3n) is 5.22. The Kier molecular flexibility index (Phi) is 5.44. The van der Waals surface area contributed by atoms with Gasteiger partial charge in [-0.05, 0) is 46.7 Å². The average molecular weight is 372 g/mol. The first-order valence-corrected chi connectivity index (χ1v) is 9.49. The summed E-state index contributed by atoms with van der Waals surface area (Å²) < 4.78 is 0.986. The molecule has 2 nitrogen and oxygen atoms in total. The normalized spacial score (nSPS) is 27.5. The highest BCUT2D eigenvalue weighted by Gasteiger charge is 2.32. The smallest absolute Gasteiger partial charge is 0.152 e. The summed E-state index contributed by atoms with van der Waals surface area (Å²) in [7, 11) is 0. The SMILES string of the molecule is Clc1ncc(Br)cc1NC1CCCCC1C1CCCCC1. The minimum absolute atomic E-state index is 0.565. The minimum atomic E-state index is 0.565. The van der Waals surface area contributed by atoms with Gasteiger partial charge in [-0.15, -0.1) is 0 Å². The second-order valence-electron chi connectivity index (χ2n) is 6.59. The van der Waals surface area contributed by atoms with Crippen LogP contribution in [0.1, 0.15) is 57.8 Å². The van der Waals surface area contributed by atoms with E-state index in [1.807, 2.05) is 0 Å². The monoisotopic (exact) mass is 370 g/mol. The van der Waals surface area contributed by atoms with E-state index in [0.717, 1.165) is 22.0 Å². The van der Waals surface area contributed by atoms with Gasteiger partial charge >= 0.3 is 0 Å². The average Bonchev–Trinajstić information content (AvgIpc) is 2.52. The van der Waals surface area contributed by atoms with Gasteiger partial charge in [-0.1, -0.05) is 56.5 Å². The summed E-state index contributed by atoms with van der Waals surface area (Å²) in [4.78, 5) is 4.24. The largest absolute Gasteiger partial charge is 0.380 e. The van der Waals surface area contributed by atoms with Gasteiger partial charge in [0, 0.05) is 16.7 Å². The van der Waals surface area contributed by atoms with Crippen LogP contribution < -0.4 is 5.32 Å². The Morgan fingerprint density at radius 3 is 2.57 bits per heavy atom. The first-order valence-electron chi connectivity index (χ1n) is 8.31. The molecule has 1 aromatic heterocycles. The molecule has 1 heterocycles. The molecule has 0 amide bonds. The number of anilines is 1. The van der Waals surface area contributed by atoms with Gasteiger partial charge in [0.2, 0.25) is 0 Å². The van der Waals surface area contributed by atoms with E-state index in [9.17, 15) is 0 Å². The van der Waals surface area contributed by atoms with Crippen molar-refractivity contribution < 1.29 is 0 Å². The molecule has 2 saturated carbocycles. The number of nitrogens with one attached hydrogen (secondary N) is 1. The van der Waals surface area contributed by atoms with E-state index in [0.29, 0.717) is 11.2 Å². The number of pyridine rings is 1. The number of hydrogen-bond donors (Lipinski definition) is 1. The number of nitrogens with zero attached hydrogens (tertiary/aromatic N) is 1. The second kappa shape index (κ2) is 7.32. The number of aromatic nitrogens is 1. The van der Waals surface area contributed by atoms with Crippen molar-refractivity contribution in [2.75, 3.05) is 5.32 Å². The van der Waals surface area contributed by atoms with Gasteiger partial charge in [0.1, 0.15) is 0 Å². The van der Waals surface area contributed by atoms with Gasteiger partial charge in [-0.3, -0.25) is 0 Å². The Balaban J connectivity index is 1.73. The Labute approximate surface area is 141 Å². The Bertz CT molecular complexity index is 474. The van der Waals surface area contributed by atoms with Crippen LogP contribution in [0.5, 0.6) is 0 Å². The third-order valence-corrected chi connectivity index (χ3v) is 5.96. The summed E-state index contributed by atoms with van der Waals surface area (Å²) in [6.45, 7) is 0. The van der Waals surface area contributed by atoms with E-state index in [-0.39, 0.29) is 0 Å². The summed E-state index contributed by atoms with van der Waals surface area (Å²) in [6.07, 6.45) is 14.3. The summed E-state index contributed by atoms with van der Waals surface area (Å²) in [5, 5.41) is 4.30. The van der Waals surface area contributed by atoms with Crippen molar-refractivity contribution in [3.05, 3.63) is 21.9 Å². The molecule has 2 atom stereocenters. The van der Waals surface area contributed by atoms with E-state index in [1.54, 1.807) is 6.20 Å². The molecular formula is C17H24BrClN2. The van der Waals surface area contributed by atoms with E-state index < -0.39 is 0 Å². The fraction of sp³-hybridized carbons (Fsp3) is 0.706. The predicted octanol–water partition coefficient (Wildman–Crippen LogP) is 6.05. The zero-order chi connectivity index (χ0) is 14.7. The first-order chi connectivity index (χ1) is 10.2. The molecule has 1 aromatic rings. The quantitative estimate of drug-likeness (QED) is 0.654. The van der Waals surface area contributed by atoms with Crippen LogP contribution in [0, 0.1) is 11.8 Å². The van der Waals surface area contributed by atoms with Gasteiger partial charge in [0.15, 0.2) is 5.15 Å². The van der Waals surface area contributed by atoms with Crippen molar-refractivity contribution in [2.45, 2.75) is 63.8 Å². The van der Waals surface area contributed by atoms with Crippen molar-refractivity contribution >= 4 is 33.2 Å². The number of halogens is 2. The van der Waals surface area contributed by atoms with Crippen LogP contribution >= 0.6 is 27.5 Å². The van der Waals surface area contributed by atoms with Crippen LogP contribution in [0.25, 0.3) is 0 Å². The van der Waals surface area contributed by atoms with Gasteiger partial charge < -0.3 is 5.32 Å². The highest BCUT2D eigenvalue weighted by Crippen LogP contribution is 2.40. The van der Waals surface area contributed by atoms with E-state index in [4.69, 9.17) is 11.6 Å². The van der Waals surface area contributed by atoms with E-state index in [2.05, 4.69) is 32.3 Å². The third kappa shape index (κ3) is 3.92. The molecule has 0 aliphatic heterocycles. The van der Waals surface area contributed by atoms with Gasteiger partial charge in [-0.25, -0.2) is 4.98 Å². The molecule has 21 heavy (non-hydrogen) atoms. The topological polar surface area (TPSA) is 24.9 Å². The maximum absolute atomic E-state index is 6.25. The molecular weight excluding hydrogens is 348 g/mol. The highest BCUT2D eigenvalue weighted by molar-refractivity contribution is 9.10. The molecule has 0 spiro atoms. The lowest BCUT2D eigenvalue weighted by atomic mass is 9.71. The maximum atomic E-state index is 6.25.